The number of para-hydroxylation sites is 2. The lowest BCUT2D eigenvalue weighted by Gasteiger charge is -2.33. The van der Waals surface area contributed by atoms with E-state index in [-0.39, 0.29) is 23.6 Å². The first kappa shape index (κ1) is 17.1. The third-order valence-corrected chi connectivity index (χ3v) is 4.59. The summed E-state index contributed by atoms with van der Waals surface area (Å²) in [5.41, 5.74) is 0.136. The summed E-state index contributed by atoms with van der Waals surface area (Å²) >= 11 is 0. The summed E-state index contributed by atoms with van der Waals surface area (Å²) in [5.74, 6) is 1.27. The summed E-state index contributed by atoms with van der Waals surface area (Å²) in [5, 5.41) is 9.08. The van der Waals surface area contributed by atoms with E-state index in [2.05, 4.69) is 9.97 Å². The first-order valence-corrected chi connectivity index (χ1v) is 8.74. The van der Waals surface area contributed by atoms with E-state index in [1.165, 1.54) is 12.4 Å². The molecule has 3 atom stereocenters. The molecule has 0 spiro atoms. The van der Waals surface area contributed by atoms with Crippen LogP contribution in [0.5, 0.6) is 17.4 Å². The maximum atomic E-state index is 12.9. The number of hydrogen-bond acceptors (Lipinski definition) is 7. The Morgan fingerprint density at radius 1 is 1.26 bits per heavy atom. The third-order valence-electron chi connectivity index (χ3n) is 4.59. The molecule has 1 amide bonds. The molecule has 27 heavy (non-hydrogen) atoms. The van der Waals surface area contributed by atoms with Crippen molar-refractivity contribution in [3.05, 3.63) is 42.4 Å². The molecule has 1 aromatic heterocycles. The van der Waals surface area contributed by atoms with Gasteiger partial charge in [-0.2, -0.15) is 5.26 Å². The van der Waals surface area contributed by atoms with Crippen molar-refractivity contribution in [2.75, 3.05) is 13.1 Å². The summed E-state index contributed by atoms with van der Waals surface area (Å²) in [6.45, 7) is 2.76. The van der Waals surface area contributed by atoms with Gasteiger partial charge in [0, 0.05) is 25.4 Å². The van der Waals surface area contributed by atoms with Gasteiger partial charge in [-0.3, -0.25) is 4.79 Å². The smallest absolute Gasteiger partial charge is 0.267 e. The third kappa shape index (κ3) is 3.36. The van der Waals surface area contributed by atoms with E-state index >= 15 is 0 Å². The lowest BCUT2D eigenvalue weighted by molar-refractivity contribution is -0.143. The van der Waals surface area contributed by atoms with Gasteiger partial charge in [-0.1, -0.05) is 12.1 Å². The summed E-state index contributed by atoms with van der Waals surface area (Å²) in [6.07, 6.45) is 2.22. The van der Waals surface area contributed by atoms with Crippen LogP contribution in [-0.2, 0) is 4.79 Å². The molecule has 8 nitrogen and oxygen atoms in total. The number of nitrogens with zero attached hydrogens (tertiary/aromatic N) is 4. The topological polar surface area (TPSA) is 97.6 Å². The van der Waals surface area contributed by atoms with Crippen molar-refractivity contribution in [2.24, 2.45) is 0 Å². The minimum absolute atomic E-state index is 0.136. The molecule has 1 fully saturated rings. The summed E-state index contributed by atoms with van der Waals surface area (Å²) in [6, 6.07) is 9.26. The number of ether oxygens (including phenoxy) is 3. The second-order valence-corrected chi connectivity index (χ2v) is 6.44. The van der Waals surface area contributed by atoms with E-state index in [1.54, 1.807) is 11.0 Å². The van der Waals surface area contributed by atoms with E-state index in [9.17, 15) is 4.79 Å². The van der Waals surface area contributed by atoms with E-state index in [0.29, 0.717) is 31.0 Å². The van der Waals surface area contributed by atoms with Gasteiger partial charge in [-0.15, -0.1) is 0 Å². The van der Waals surface area contributed by atoms with Crippen molar-refractivity contribution in [1.29, 1.82) is 5.26 Å². The molecule has 2 aliphatic rings. The van der Waals surface area contributed by atoms with Crippen molar-refractivity contribution in [1.82, 2.24) is 14.9 Å². The van der Waals surface area contributed by atoms with Gasteiger partial charge in [-0.25, -0.2) is 9.97 Å². The Balaban J connectivity index is 1.42. The van der Waals surface area contributed by atoms with E-state index in [4.69, 9.17) is 19.5 Å². The molecule has 0 N–H and O–H groups in total. The molecule has 1 saturated heterocycles. The highest BCUT2D eigenvalue weighted by Crippen LogP contribution is 2.34. The largest absolute Gasteiger partial charge is 0.482 e. The molecule has 0 radical (unpaired) electrons. The quantitative estimate of drug-likeness (QED) is 0.813. The lowest BCUT2D eigenvalue weighted by atomic mass is 10.1. The first-order chi connectivity index (χ1) is 13.2. The zero-order chi connectivity index (χ0) is 18.8. The number of aromatic nitrogens is 2. The van der Waals surface area contributed by atoms with Gasteiger partial charge in [0.15, 0.2) is 11.5 Å². The van der Waals surface area contributed by atoms with Gasteiger partial charge < -0.3 is 19.1 Å². The van der Waals surface area contributed by atoms with E-state index in [1.807, 2.05) is 31.2 Å². The van der Waals surface area contributed by atoms with Crippen molar-refractivity contribution >= 4 is 5.91 Å². The molecule has 0 bridgehead atoms. The molecular formula is C19H18N4O4. The first-order valence-electron chi connectivity index (χ1n) is 8.74. The average Bonchev–Trinajstić information content (AvgIpc) is 3.16. The maximum absolute atomic E-state index is 12.9. The van der Waals surface area contributed by atoms with Crippen LogP contribution in [-0.4, -0.2) is 52.2 Å². The highest BCUT2D eigenvalue weighted by atomic mass is 16.6. The molecule has 2 aromatic rings. The Labute approximate surface area is 156 Å². The fraction of sp³-hybridized carbons (Fsp3) is 0.368. The normalized spacial score (nSPS) is 23.6. The number of benzene rings is 1. The van der Waals surface area contributed by atoms with Crippen molar-refractivity contribution in [3.8, 4) is 23.4 Å². The fourth-order valence-electron chi connectivity index (χ4n) is 3.24. The number of likely N-dealkylation sites (tertiary alicyclic amines) is 1. The Kier molecular flexibility index (Phi) is 4.50. The van der Waals surface area contributed by atoms with Gasteiger partial charge in [-0.05, 0) is 19.1 Å². The van der Waals surface area contributed by atoms with Crippen LogP contribution in [0.2, 0.25) is 0 Å². The Morgan fingerprint density at radius 2 is 2.00 bits per heavy atom. The molecule has 3 heterocycles. The zero-order valence-corrected chi connectivity index (χ0v) is 14.7. The zero-order valence-electron chi connectivity index (χ0n) is 14.7. The van der Waals surface area contributed by atoms with Crippen LogP contribution in [0.3, 0.4) is 0 Å². The molecule has 0 saturated carbocycles. The van der Waals surface area contributed by atoms with Gasteiger partial charge in [0.05, 0.1) is 6.54 Å². The molecule has 3 unspecified atom stereocenters. The second-order valence-electron chi connectivity index (χ2n) is 6.44. The Bertz CT molecular complexity index is 897. The summed E-state index contributed by atoms with van der Waals surface area (Å²) in [4.78, 5) is 22.6. The highest BCUT2D eigenvalue weighted by Gasteiger charge is 2.39. The number of carbonyl (C=O) groups is 1. The van der Waals surface area contributed by atoms with Crippen molar-refractivity contribution in [3.63, 3.8) is 0 Å². The van der Waals surface area contributed by atoms with Gasteiger partial charge in [0.2, 0.25) is 11.8 Å². The van der Waals surface area contributed by atoms with E-state index < -0.39 is 12.2 Å². The number of amides is 1. The van der Waals surface area contributed by atoms with Crippen LogP contribution in [0, 0.1) is 11.3 Å². The minimum atomic E-state index is -0.704. The van der Waals surface area contributed by atoms with Gasteiger partial charge in [0.25, 0.3) is 11.8 Å². The van der Waals surface area contributed by atoms with Crippen LogP contribution >= 0.6 is 0 Å². The summed E-state index contributed by atoms with van der Waals surface area (Å²) < 4.78 is 17.5. The molecule has 0 aliphatic carbocycles. The summed E-state index contributed by atoms with van der Waals surface area (Å²) in [7, 11) is 0. The standard InChI is InChI=1S/C19H18N4O4/c1-12-17(27-16-5-3-2-4-15(16)25-12)19(24)23-9-6-13(11-23)26-18-14(10-20)21-7-8-22-18/h2-5,7-8,12-13,17H,6,9,11H2,1H3. The van der Waals surface area contributed by atoms with Crippen molar-refractivity contribution < 1.29 is 19.0 Å². The average molecular weight is 366 g/mol. The number of nitriles is 1. The SMILES string of the molecule is CC1Oc2ccccc2OC1C(=O)N1CCC(Oc2nccnc2C#N)C1. The monoisotopic (exact) mass is 366 g/mol. The van der Waals surface area contributed by atoms with Crippen LogP contribution in [0.15, 0.2) is 36.7 Å². The van der Waals surface area contributed by atoms with Crippen LogP contribution in [0.1, 0.15) is 19.0 Å². The molecular weight excluding hydrogens is 348 g/mol. The van der Waals surface area contributed by atoms with Crippen LogP contribution < -0.4 is 14.2 Å². The van der Waals surface area contributed by atoms with Crippen LogP contribution in [0.25, 0.3) is 0 Å². The van der Waals surface area contributed by atoms with Gasteiger partial charge in [0.1, 0.15) is 18.3 Å². The number of rotatable bonds is 3. The van der Waals surface area contributed by atoms with E-state index in [0.717, 1.165) is 0 Å². The number of fused-ring (bicyclic) bond motifs is 1. The molecule has 8 heteroatoms. The molecule has 1 aromatic carbocycles. The fourth-order valence-corrected chi connectivity index (χ4v) is 3.24. The number of hydrogen-bond donors (Lipinski definition) is 0. The molecule has 138 valence electrons. The Hall–Kier alpha value is -3.34. The second kappa shape index (κ2) is 7.11. The maximum Gasteiger partial charge on any atom is 0.267 e. The molecule has 4 rings (SSSR count). The van der Waals surface area contributed by atoms with Gasteiger partial charge >= 0.3 is 0 Å². The highest BCUT2D eigenvalue weighted by molar-refractivity contribution is 5.82. The van der Waals surface area contributed by atoms with Crippen molar-refractivity contribution in [2.45, 2.75) is 31.7 Å². The number of carbonyl (C=O) groups excluding carboxylic acids is 1. The lowest BCUT2D eigenvalue weighted by Crippen LogP contribution is -2.50. The predicted molar refractivity (Wildman–Crippen MR) is 93.3 cm³/mol. The Morgan fingerprint density at radius 3 is 2.78 bits per heavy atom. The van der Waals surface area contributed by atoms with Crippen LogP contribution in [0.4, 0.5) is 0 Å². The molecule has 2 aliphatic heterocycles. The minimum Gasteiger partial charge on any atom is -0.482 e. The predicted octanol–water partition coefficient (Wildman–Crippen LogP) is 1.56.